The van der Waals surface area contributed by atoms with Crippen LogP contribution in [0.5, 0.6) is 0 Å². The molecule has 5 rings (SSSR count). The molecule has 120 valence electrons. The quantitative estimate of drug-likeness (QED) is 0.278. The van der Waals surface area contributed by atoms with Crippen LogP contribution in [0, 0.1) is 13.8 Å². The van der Waals surface area contributed by atoms with Gasteiger partial charge in [0.25, 0.3) is 0 Å². The van der Waals surface area contributed by atoms with Crippen LogP contribution in [0.4, 0.5) is 5.69 Å². The Labute approximate surface area is 147 Å². The highest BCUT2D eigenvalue weighted by Gasteiger charge is 2.14. The molecule has 0 fully saturated rings. The van der Waals surface area contributed by atoms with E-state index in [1.807, 2.05) is 12.1 Å². The van der Waals surface area contributed by atoms with Crippen LogP contribution in [0.3, 0.4) is 0 Å². The molecule has 0 saturated carbocycles. The predicted molar refractivity (Wildman–Crippen MR) is 109 cm³/mol. The van der Waals surface area contributed by atoms with E-state index in [9.17, 15) is 0 Å². The smallest absolute Gasteiger partial charge is 0.0314 e. The summed E-state index contributed by atoms with van der Waals surface area (Å²) in [5, 5.41) is 8.00. The highest BCUT2D eigenvalue weighted by molar-refractivity contribution is 6.26. The third kappa shape index (κ3) is 2.09. The average Bonchev–Trinajstić information content (AvgIpc) is 2.59. The van der Waals surface area contributed by atoms with Crippen molar-refractivity contribution >= 4 is 38.0 Å². The molecule has 0 unspecified atom stereocenters. The summed E-state index contributed by atoms with van der Waals surface area (Å²) in [5.74, 6) is 0. The molecule has 0 radical (unpaired) electrons. The number of hydrogen-bond donors (Lipinski definition) is 1. The Bertz CT molecular complexity index is 1250. The fourth-order valence-corrected chi connectivity index (χ4v) is 4.13. The third-order valence-electron chi connectivity index (χ3n) is 5.16. The molecule has 0 aliphatic heterocycles. The second kappa shape index (κ2) is 4.97. The lowest BCUT2D eigenvalue weighted by Gasteiger charge is -2.16. The molecule has 0 spiro atoms. The maximum atomic E-state index is 5.90. The SMILES string of the molecule is Cc1cc2ccc3cc(C)cc4c(-c5ccc(N)cc5)cc(c1)c2c34. The van der Waals surface area contributed by atoms with Gasteiger partial charge in [0.05, 0.1) is 0 Å². The molecule has 0 heterocycles. The van der Waals surface area contributed by atoms with Crippen molar-refractivity contribution in [1.29, 1.82) is 0 Å². The van der Waals surface area contributed by atoms with Gasteiger partial charge in [-0.3, -0.25) is 0 Å². The molecule has 0 aromatic heterocycles. The number of rotatable bonds is 1. The number of anilines is 1. The van der Waals surface area contributed by atoms with Gasteiger partial charge in [0, 0.05) is 5.69 Å². The van der Waals surface area contributed by atoms with Crippen LogP contribution in [0.15, 0.2) is 66.7 Å². The van der Waals surface area contributed by atoms with Gasteiger partial charge < -0.3 is 5.73 Å². The minimum absolute atomic E-state index is 0.799. The fourth-order valence-electron chi connectivity index (χ4n) is 4.13. The van der Waals surface area contributed by atoms with Gasteiger partial charge in [-0.15, -0.1) is 0 Å². The molecular weight excluding hydrogens is 302 g/mol. The first-order valence-corrected chi connectivity index (χ1v) is 8.66. The van der Waals surface area contributed by atoms with Gasteiger partial charge in [-0.2, -0.15) is 0 Å². The first-order chi connectivity index (χ1) is 12.1. The molecule has 0 aliphatic carbocycles. The summed E-state index contributed by atoms with van der Waals surface area (Å²) in [5.41, 5.74) is 11.8. The monoisotopic (exact) mass is 321 g/mol. The molecular formula is C24H19N. The van der Waals surface area contributed by atoms with Crippen molar-refractivity contribution in [2.75, 3.05) is 5.73 Å². The lowest BCUT2D eigenvalue weighted by Crippen LogP contribution is -1.90. The summed E-state index contributed by atoms with van der Waals surface area (Å²) in [6.45, 7) is 4.34. The van der Waals surface area contributed by atoms with Crippen molar-refractivity contribution in [3.63, 3.8) is 0 Å². The highest BCUT2D eigenvalue weighted by atomic mass is 14.5. The van der Waals surface area contributed by atoms with Gasteiger partial charge in [0.2, 0.25) is 0 Å². The highest BCUT2D eigenvalue weighted by Crippen LogP contribution is 2.41. The lowest BCUT2D eigenvalue weighted by atomic mass is 9.87. The first kappa shape index (κ1) is 14.3. The van der Waals surface area contributed by atoms with Crippen LogP contribution in [0.2, 0.25) is 0 Å². The van der Waals surface area contributed by atoms with Gasteiger partial charge in [-0.1, -0.05) is 48.5 Å². The number of hydrogen-bond acceptors (Lipinski definition) is 1. The van der Waals surface area contributed by atoms with Crippen molar-refractivity contribution in [2.24, 2.45) is 0 Å². The second-order valence-corrected chi connectivity index (χ2v) is 7.11. The van der Waals surface area contributed by atoms with Crippen molar-refractivity contribution in [3.05, 3.63) is 77.9 Å². The average molecular weight is 321 g/mol. The van der Waals surface area contributed by atoms with Gasteiger partial charge in [-0.05, 0) is 86.6 Å². The van der Waals surface area contributed by atoms with E-state index >= 15 is 0 Å². The van der Waals surface area contributed by atoms with E-state index < -0.39 is 0 Å². The summed E-state index contributed by atoms with van der Waals surface area (Å²) >= 11 is 0. The van der Waals surface area contributed by atoms with Gasteiger partial charge in [0.15, 0.2) is 0 Å². The Kier molecular flexibility index (Phi) is 2.84. The molecule has 25 heavy (non-hydrogen) atoms. The molecule has 0 aliphatic rings. The predicted octanol–water partition coefficient (Wildman–Crippen LogP) is 6.45. The summed E-state index contributed by atoms with van der Waals surface area (Å²) in [7, 11) is 0. The Morgan fingerprint density at radius 3 is 1.92 bits per heavy atom. The number of nitrogen functional groups attached to an aromatic ring is 1. The fraction of sp³-hybridized carbons (Fsp3) is 0.0833. The van der Waals surface area contributed by atoms with Gasteiger partial charge in [0.1, 0.15) is 0 Å². The van der Waals surface area contributed by atoms with Crippen LogP contribution in [-0.2, 0) is 0 Å². The van der Waals surface area contributed by atoms with Crippen molar-refractivity contribution in [2.45, 2.75) is 13.8 Å². The zero-order chi connectivity index (χ0) is 17.1. The van der Waals surface area contributed by atoms with E-state index in [1.54, 1.807) is 0 Å². The Morgan fingerprint density at radius 2 is 1.20 bits per heavy atom. The summed E-state index contributed by atoms with van der Waals surface area (Å²) in [6, 6.07) is 24.2. The standard InChI is InChI=1S/C24H19N/c1-14-9-17-3-4-18-10-15(2)12-22-21(16-5-7-20(25)8-6-16)13-19(11-14)23(17)24(18)22/h3-13H,25H2,1-2H3. The summed E-state index contributed by atoms with van der Waals surface area (Å²) in [4.78, 5) is 0. The van der Waals surface area contributed by atoms with E-state index in [2.05, 4.69) is 68.4 Å². The Morgan fingerprint density at radius 1 is 0.600 bits per heavy atom. The molecule has 1 heteroatoms. The lowest BCUT2D eigenvalue weighted by molar-refractivity contribution is 1.51. The number of nitrogens with two attached hydrogens (primary N) is 1. The Balaban J connectivity index is 2.03. The molecule has 2 N–H and O–H groups in total. The van der Waals surface area contributed by atoms with E-state index in [0.717, 1.165) is 5.69 Å². The minimum Gasteiger partial charge on any atom is -0.399 e. The van der Waals surface area contributed by atoms with E-state index in [1.165, 1.54) is 54.6 Å². The third-order valence-corrected chi connectivity index (χ3v) is 5.16. The largest absolute Gasteiger partial charge is 0.399 e. The molecule has 0 amide bonds. The van der Waals surface area contributed by atoms with Crippen LogP contribution in [0.1, 0.15) is 11.1 Å². The molecule has 0 atom stereocenters. The first-order valence-electron chi connectivity index (χ1n) is 8.66. The molecule has 0 bridgehead atoms. The summed E-state index contributed by atoms with van der Waals surface area (Å²) < 4.78 is 0. The minimum atomic E-state index is 0.799. The van der Waals surface area contributed by atoms with E-state index in [0.29, 0.717) is 0 Å². The number of benzene rings is 5. The van der Waals surface area contributed by atoms with E-state index in [-0.39, 0.29) is 0 Å². The van der Waals surface area contributed by atoms with Gasteiger partial charge in [-0.25, -0.2) is 0 Å². The maximum Gasteiger partial charge on any atom is 0.0314 e. The molecule has 5 aromatic carbocycles. The molecule has 1 nitrogen and oxygen atoms in total. The van der Waals surface area contributed by atoms with Crippen LogP contribution >= 0.6 is 0 Å². The van der Waals surface area contributed by atoms with Crippen LogP contribution < -0.4 is 5.73 Å². The van der Waals surface area contributed by atoms with Crippen LogP contribution in [0.25, 0.3) is 43.4 Å². The number of aryl methyl sites for hydroxylation is 2. The van der Waals surface area contributed by atoms with Gasteiger partial charge >= 0.3 is 0 Å². The van der Waals surface area contributed by atoms with Crippen molar-refractivity contribution in [3.8, 4) is 11.1 Å². The zero-order valence-corrected chi connectivity index (χ0v) is 14.4. The molecule has 0 saturated heterocycles. The topological polar surface area (TPSA) is 26.0 Å². The zero-order valence-electron chi connectivity index (χ0n) is 14.4. The van der Waals surface area contributed by atoms with E-state index in [4.69, 9.17) is 5.73 Å². The van der Waals surface area contributed by atoms with Crippen molar-refractivity contribution in [1.82, 2.24) is 0 Å². The molecule has 5 aromatic rings. The van der Waals surface area contributed by atoms with Crippen molar-refractivity contribution < 1.29 is 0 Å². The second-order valence-electron chi connectivity index (χ2n) is 7.11. The summed E-state index contributed by atoms with van der Waals surface area (Å²) in [6.07, 6.45) is 0. The normalized spacial score (nSPS) is 11.8. The maximum absolute atomic E-state index is 5.90. The Hall–Kier alpha value is -3.06. The van der Waals surface area contributed by atoms with Crippen LogP contribution in [-0.4, -0.2) is 0 Å².